The molecule has 35 heavy (non-hydrogen) atoms. The van der Waals surface area contributed by atoms with E-state index in [1.54, 1.807) is 0 Å². The third-order valence-corrected chi connectivity index (χ3v) is 6.83. The molecule has 0 aromatic heterocycles. The minimum Gasteiger partial charge on any atom is -0.372 e. The molecule has 1 aliphatic rings. The summed E-state index contributed by atoms with van der Waals surface area (Å²) >= 11 is 3.47. The summed E-state index contributed by atoms with van der Waals surface area (Å²) in [7, 11) is 0. The van der Waals surface area contributed by atoms with Gasteiger partial charge < -0.3 is 25.6 Å². The van der Waals surface area contributed by atoms with E-state index in [1.165, 1.54) is 10.6 Å². The van der Waals surface area contributed by atoms with Gasteiger partial charge in [-0.05, 0) is 68.7 Å². The number of nitrogens with two attached hydrogens (primary N) is 1. The van der Waals surface area contributed by atoms with Gasteiger partial charge in [-0.1, -0.05) is 36.7 Å². The molecule has 0 aliphatic carbocycles. The fraction of sp³-hybridized carbons (Fsp3) is 0.654. The molecule has 1 saturated heterocycles. The molecule has 1 fully saturated rings. The minimum absolute atomic E-state index is 0.0981. The summed E-state index contributed by atoms with van der Waals surface area (Å²) in [5.74, 6) is -1.10. The molecule has 9 heteroatoms. The summed E-state index contributed by atoms with van der Waals surface area (Å²) in [6.45, 7) is 10.6. The predicted molar refractivity (Wildman–Crippen MR) is 142 cm³/mol. The van der Waals surface area contributed by atoms with Crippen molar-refractivity contribution in [2.75, 3.05) is 37.7 Å². The molecule has 1 aromatic rings. The molecule has 3 amide bonds. The Balaban J connectivity index is 1.72. The third kappa shape index (κ3) is 9.11. The van der Waals surface area contributed by atoms with E-state index in [0.29, 0.717) is 19.6 Å². The Morgan fingerprint density at radius 3 is 2.49 bits per heavy atom. The molecule has 1 heterocycles. The average molecular weight is 554 g/mol. The van der Waals surface area contributed by atoms with Crippen LogP contribution in [0.25, 0.3) is 0 Å². The molecule has 1 aromatic carbocycles. The van der Waals surface area contributed by atoms with Crippen LogP contribution in [0.3, 0.4) is 0 Å². The lowest BCUT2D eigenvalue weighted by Gasteiger charge is -2.35. The molecular weight excluding hydrogens is 512 g/mol. The van der Waals surface area contributed by atoms with Gasteiger partial charge in [-0.15, -0.1) is 0 Å². The molecule has 0 radical (unpaired) electrons. The molecule has 0 saturated carbocycles. The fourth-order valence-corrected chi connectivity index (χ4v) is 4.58. The van der Waals surface area contributed by atoms with Crippen LogP contribution >= 0.6 is 15.9 Å². The number of carbonyl (C=O) groups is 3. The average Bonchev–Trinajstić information content (AvgIpc) is 3.29. The lowest BCUT2D eigenvalue weighted by Crippen LogP contribution is -2.57. The number of primary amides is 1. The van der Waals surface area contributed by atoms with E-state index in [2.05, 4.69) is 57.3 Å². The number of nitrogens with one attached hydrogen (secondary N) is 1. The number of halogens is 1. The van der Waals surface area contributed by atoms with Gasteiger partial charge in [0, 0.05) is 36.4 Å². The quantitative estimate of drug-likeness (QED) is 0.364. The first-order valence-electron chi connectivity index (χ1n) is 12.5. The highest BCUT2D eigenvalue weighted by atomic mass is 79.9. The molecule has 0 bridgehead atoms. The van der Waals surface area contributed by atoms with Crippen molar-refractivity contribution >= 4 is 39.3 Å². The largest absolute Gasteiger partial charge is 0.372 e. The van der Waals surface area contributed by atoms with Gasteiger partial charge in [0.1, 0.15) is 18.7 Å². The number of anilines is 1. The van der Waals surface area contributed by atoms with Gasteiger partial charge in [0.15, 0.2) is 0 Å². The lowest BCUT2D eigenvalue weighted by molar-refractivity contribution is -0.143. The van der Waals surface area contributed by atoms with Crippen molar-refractivity contribution in [3.05, 3.63) is 28.7 Å². The Morgan fingerprint density at radius 2 is 1.89 bits per heavy atom. The SMILES string of the molecule is CCN(CCCCCOCC(=O)N[C@H](C(=O)N1CCC[C@H]1C(N)=O)C(C)(C)C)c1ccc(Br)cc1. The number of unbranched alkanes of at least 4 members (excludes halogenated alkanes) is 2. The van der Waals surface area contributed by atoms with Crippen molar-refractivity contribution < 1.29 is 19.1 Å². The summed E-state index contributed by atoms with van der Waals surface area (Å²) in [6, 6.07) is 6.97. The molecule has 196 valence electrons. The van der Waals surface area contributed by atoms with Crippen molar-refractivity contribution in [3.63, 3.8) is 0 Å². The highest BCUT2D eigenvalue weighted by Gasteiger charge is 2.41. The zero-order chi connectivity index (χ0) is 26.0. The van der Waals surface area contributed by atoms with Crippen LogP contribution in [0.5, 0.6) is 0 Å². The molecule has 0 spiro atoms. The molecule has 2 rings (SSSR count). The van der Waals surface area contributed by atoms with Gasteiger partial charge in [0.05, 0.1) is 0 Å². The highest BCUT2D eigenvalue weighted by Crippen LogP contribution is 2.25. The number of rotatable bonds is 13. The van der Waals surface area contributed by atoms with E-state index in [4.69, 9.17) is 10.5 Å². The standard InChI is InChI=1S/C26H41BrN4O4/c1-5-30(20-13-11-19(27)12-14-20)15-7-6-8-17-35-18-22(32)29-23(26(2,3)4)25(34)31-16-9-10-21(31)24(28)33/h11-14,21,23H,5-10,15-18H2,1-4H3,(H2,28,33)(H,29,32)/t21-,23+/m0/s1. The van der Waals surface area contributed by atoms with Gasteiger partial charge in [0.2, 0.25) is 17.7 Å². The summed E-state index contributed by atoms with van der Waals surface area (Å²) in [5.41, 5.74) is 6.16. The van der Waals surface area contributed by atoms with E-state index < -0.39 is 23.4 Å². The smallest absolute Gasteiger partial charge is 0.246 e. The van der Waals surface area contributed by atoms with E-state index in [0.717, 1.165) is 43.2 Å². The topological polar surface area (TPSA) is 105 Å². The van der Waals surface area contributed by atoms with E-state index >= 15 is 0 Å². The fourth-order valence-electron chi connectivity index (χ4n) is 4.31. The molecule has 3 N–H and O–H groups in total. The van der Waals surface area contributed by atoms with Crippen LogP contribution in [0.4, 0.5) is 5.69 Å². The Kier molecular flexibility index (Phi) is 11.5. The van der Waals surface area contributed by atoms with Crippen LogP contribution in [0.2, 0.25) is 0 Å². The third-order valence-electron chi connectivity index (χ3n) is 6.31. The molecule has 8 nitrogen and oxygen atoms in total. The first kappa shape index (κ1) is 29.1. The second-order valence-electron chi connectivity index (χ2n) is 10.1. The molecule has 0 unspecified atom stereocenters. The van der Waals surface area contributed by atoms with Crippen LogP contribution in [-0.4, -0.2) is 67.6 Å². The van der Waals surface area contributed by atoms with Crippen LogP contribution in [-0.2, 0) is 19.1 Å². The summed E-state index contributed by atoms with van der Waals surface area (Å²) < 4.78 is 6.65. The van der Waals surface area contributed by atoms with Gasteiger partial charge >= 0.3 is 0 Å². The number of amides is 3. The van der Waals surface area contributed by atoms with Crippen molar-refractivity contribution in [2.24, 2.45) is 11.1 Å². The van der Waals surface area contributed by atoms with Crippen LogP contribution < -0.4 is 16.0 Å². The van der Waals surface area contributed by atoms with Crippen molar-refractivity contribution in [3.8, 4) is 0 Å². The normalized spacial score (nSPS) is 16.7. The minimum atomic E-state index is -0.753. The van der Waals surface area contributed by atoms with Gasteiger partial charge in [-0.2, -0.15) is 0 Å². The maximum absolute atomic E-state index is 13.1. The number of ether oxygens (including phenoxy) is 1. The molecule has 2 atom stereocenters. The summed E-state index contributed by atoms with van der Waals surface area (Å²) in [6.07, 6.45) is 4.19. The zero-order valence-electron chi connectivity index (χ0n) is 21.5. The number of hydrogen-bond donors (Lipinski definition) is 2. The van der Waals surface area contributed by atoms with Crippen LogP contribution in [0.1, 0.15) is 59.8 Å². The van der Waals surface area contributed by atoms with Crippen molar-refractivity contribution in [1.82, 2.24) is 10.2 Å². The van der Waals surface area contributed by atoms with Gasteiger partial charge in [0.25, 0.3) is 0 Å². The molecular formula is C26H41BrN4O4. The maximum atomic E-state index is 13.1. The lowest BCUT2D eigenvalue weighted by atomic mass is 9.85. The number of benzene rings is 1. The first-order valence-corrected chi connectivity index (χ1v) is 13.3. The second-order valence-corrected chi connectivity index (χ2v) is 11.0. The van der Waals surface area contributed by atoms with Crippen LogP contribution in [0, 0.1) is 5.41 Å². The zero-order valence-corrected chi connectivity index (χ0v) is 23.1. The summed E-state index contributed by atoms with van der Waals surface area (Å²) in [4.78, 5) is 41.2. The first-order chi connectivity index (χ1) is 16.5. The summed E-state index contributed by atoms with van der Waals surface area (Å²) in [5, 5.41) is 2.82. The van der Waals surface area contributed by atoms with Gasteiger partial charge in [-0.3, -0.25) is 14.4 Å². The van der Waals surface area contributed by atoms with Crippen molar-refractivity contribution in [1.29, 1.82) is 0 Å². The number of nitrogens with zero attached hydrogens (tertiary/aromatic N) is 2. The second kappa shape index (κ2) is 13.8. The number of hydrogen-bond acceptors (Lipinski definition) is 5. The van der Waals surface area contributed by atoms with Crippen molar-refractivity contribution in [2.45, 2.75) is 71.9 Å². The monoisotopic (exact) mass is 552 g/mol. The Morgan fingerprint density at radius 1 is 1.20 bits per heavy atom. The van der Waals surface area contributed by atoms with E-state index in [1.807, 2.05) is 20.8 Å². The van der Waals surface area contributed by atoms with E-state index in [-0.39, 0.29) is 18.4 Å². The predicted octanol–water partition coefficient (Wildman–Crippen LogP) is 3.47. The number of likely N-dealkylation sites (tertiary alicyclic amines) is 1. The molecule has 1 aliphatic heterocycles. The van der Waals surface area contributed by atoms with Gasteiger partial charge in [-0.25, -0.2) is 0 Å². The number of carbonyl (C=O) groups excluding carboxylic acids is 3. The Labute approximate surface area is 218 Å². The van der Waals surface area contributed by atoms with E-state index in [9.17, 15) is 14.4 Å². The maximum Gasteiger partial charge on any atom is 0.246 e. The Bertz CT molecular complexity index is 841. The Hall–Kier alpha value is -2.13. The van der Waals surface area contributed by atoms with Crippen LogP contribution in [0.15, 0.2) is 28.7 Å². The highest BCUT2D eigenvalue weighted by molar-refractivity contribution is 9.10.